The summed E-state index contributed by atoms with van der Waals surface area (Å²) in [5, 5.41) is 9.95. The normalized spacial score (nSPS) is 22.9. The third kappa shape index (κ3) is 3.96. The fraction of sp³-hybridized carbons (Fsp3) is 0.467. The van der Waals surface area contributed by atoms with Crippen molar-refractivity contribution in [3.8, 4) is 11.5 Å². The van der Waals surface area contributed by atoms with Crippen molar-refractivity contribution in [2.75, 3.05) is 13.7 Å². The predicted octanol–water partition coefficient (Wildman–Crippen LogP) is 2.10. The van der Waals surface area contributed by atoms with Crippen molar-refractivity contribution in [1.82, 2.24) is 0 Å². The average molecular weight is 280 g/mol. The van der Waals surface area contributed by atoms with E-state index in [0.29, 0.717) is 12.4 Å². The standard InChI is InChI=1S/C15H20O5/c1-15(2)19-10-14(20-15)13(16)8-9-18-12-6-4-11(17-3)5-7-12/h4-9,13-14,16H,10H2,1-3H3/b9-8+/t13-,14-/m1/s1. The lowest BCUT2D eigenvalue weighted by molar-refractivity contribution is -0.147. The highest BCUT2D eigenvalue weighted by Crippen LogP contribution is 2.24. The van der Waals surface area contributed by atoms with Crippen LogP contribution in [0.25, 0.3) is 0 Å². The molecule has 1 aromatic carbocycles. The first-order valence-electron chi connectivity index (χ1n) is 6.47. The van der Waals surface area contributed by atoms with Gasteiger partial charge < -0.3 is 24.1 Å². The second-order valence-corrected chi connectivity index (χ2v) is 4.98. The Morgan fingerprint density at radius 3 is 2.50 bits per heavy atom. The second-order valence-electron chi connectivity index (χ2n) is 4.98. The zero-order chi connectivity index (χ0) is 14.6. The van der Waals surface area contributed by atoms with Gasteiger partial charge >= 0.3 is 0 Å². The molecule has 0 bridgehead atoms. The molecule has 0 radical (unpaired) electrons. The summed E-state index contributed by atoms with van der Waals surface area (Å²) in [6.07, 6.45) is 1.84. The second kappa shape index (κ2) is 6.26. The van der Waals surface area contributed by atoms with Crippen LogP contribution in [0.1, 0.15) is 13.8 Å². The number of rotatable bonds is 5. The van der Waals surface area contributed by atoms with Gasteiger partial charge in [0.15, 0.2) is 5.79 Å². The lowest BCUT2D eigenvalue weighted by Crippen LogP contribution is -2.29. The Labute approximate surface area is 118 Å². The monoisotopic (exact) mass is 280 g/mol. The average Bonchev–Trinajstić information content (AvgIpc) is 2.80. The molecule has 1 N–H and O–H groups in total. The molecule has 1 aromatic rings. The minimum Gasteiger partial charge on any atom is -0.497 e. The predicted molar refractivity (Wildman–Crippen MR) is 73.7 cm³/mol. The Morgan fingerprint density at radius 1 is 1.30 bits per heavy atom. The van der Waals surface area contributed by atoms with Crippen LogP contribution in [-0.2, 0) is 9.47 Å². The number of hydrogen-bond donors (Lipinski definition) is 1. The Morgan fingerprint density at radius 2 is 1.95 bits per heavy atom. The highest BCUT2D eigenvalue weighted by Gasteiger charge is 2.35. The summed E-state index contributed by atoms with van der Waals surface area (Å²) in [4.78, 5) is 0. The molecular formula is C15H20O5. The first kappa shape index (κ1) is 14.8. The molecule has 20 heavy (non-hydrogen) atoms. The highest BCUT2D eigenvalue weighted by atomic mass is 16.7. The van der Waals surface area contributed by atoms with Crippen LogP contribution in [0.3, 0.4) is 0 Å². The van der Waals surface area contributed by atoms with Crippen molar-refractivity contribution in [2.45, 2.75) is 31.8 Å². The largest absolute Gasteiger partial charge is 0.497 e. The molecule has 1 saturated heterocycles. The molecule has 2 rings (SSSR count). The Balaban J connectivity index is 1.83. The number of aliphatic hydroxyl groups excluding tert-OH is 1. The van der Waals surface area contributed by atoms with Crippen LogP contribution in [0.4, 0.5) is 0 Å². The number of benzene rings is 1. The van der Waals surface area contributed by atoms with Gasteiger partial charge in [-0.3, -0.25) is 0 Å². The minimum absolute atomic E-state index is 0.362. The van der Waals surface area contributed by atoms with E-state index >= 15 is 0 Å². The van der Waals surface area contributed by atoms with Crippen molar-refractivity contribution in [3.05, 3.63) is 36.6 Å². The molecule has 110 valence electrons. The first-order chi connectivity index (χ1) is 9.50. The van der Waals surface area contributed by atoms with Gasteiger partial charge in [-0.1, -0.05) is 0 Å². The Bertz CT molecular complexity index is 452. The van der Waals surface area contributed by atoms with E-state index in [2.05, 4.69) is 0 Å². The van der Waals surface area contributed by atoms with Crippen molar-refractivity contribution >= 4 is 0 Å². The van der Waals surface area contributed by atoms with Crippen molar-refractivity contribution in [1.29, 1.82) is 0 Å². The van der Waals surface area contributed by atoms with Crippen LogP contribution in [-0.4, -0.2) is 36.8 Å². The fourth-order valence-electron chi connectivity index (χ4n) is 1.86. The van der Waals surface area contributed by atoms with Gasteiger partial charge in [-0.05, 0) is 44.2 Å². The van der Waals surface area contributed by atoms with Crippen LogP contribution in [0, 0.1) is 0 Å². The number of aliphatic hydroxyl groups is 1. The third-order valence-corrected chi connectivity index (χ3v) is 2.95. The van der Waals surface area contributed by atoms with E-state index in [9.17, 15) is 5.11 Å². The fourth-order valence-corrected chi connectivity index (χ4v) is 1.86. The quantitative estimate of drug-likeness (QED) is 0.837. The molecule has 0 saturated carbocycles. The maximum Gasteiger partial charge on any atom is 0.163 e. The van der Waals surface area contributed by atoms with Gasteiger partial charge in [-0.2, -0.15) is 0 Å². The third-order valence-electron chi connectivity index (χ3n) is 2.95. The number of ether oxygens (including phenoxy) is 4. The molecule has 0 unspecified atom stereocenters. The maximum atomic E-state index is 9.95. The van der Waals surface area contributed by atoms with Crippen LogP contribution in [0.5, 0.6) is 11.5 Å². The Kier molecular flexibility index (Phi) is 4.65. The zero-order valence-corrected chi connectivity index (χ0v) is 11.9. The van der Waals surface area contributed by atoms with Gasteiger partial charge in [-0.15, -0.1) is 0 Å². The van der Waals surface area contributed by atoms with Gasteiger partial charge in [0, 0.05) is 0 Å². The molecule has 0 amide bonds. The number of methoxy groups -OCH3 is 1. The molecule has 1 fully saturated rings. The van der Waals surface area contributed by atoms with Gasteiger partial charge in [0.2, 0.25) is 0 Å². The van der Waals surface area contributed by atoms with E-state index in [1.807, 2.05) is 13.8 Å². The zero-order valence-electron chi connectivity index (χ0n) is 11.9. The topological polar surface area (TPSA) is 57.2 Å². The molecule has 5 nitrogen and oxygen atoms in total. The van der Waals surface area contributed by atoms with Crippen molar-refractivity contribution in [3.63, 3.8) is 0 Å². The molecule has 1 aliphatic rings. The Hall–Kier alpha value is -1.56. The van der Waals surface area contributed by atoms with E-state index in [4.69, 9.17) is 18.9 Å². The summed E-state index contributed by atoms with van der Waals surface area (Å²) in [6, 6.07) is 7.17. The molecule has 0 aromatic heterocycles. The summed E-state index contributed by atoms with van der Waals surface area (Å²) < 4.78 is 21.4. The van der Waals surface area contributed by atoms with Crippen LogP contribution in [0.2, 0.25) is 0 Å². The smallest absolute Gasteiger partial charge is 0.163 e. The molecule has 1 heterocycles. The van der Waals surface area contributed by atoms with E-state index in [1.54, 1.807) is 37.5 Å². The van der Waals surface area contributed by atoms with Gasteiger partial charge in [0.1, 0.15) is 23.7 Å². The minimum atomic E-state index is -0.768. The molecule has 5 heteroatoms. The molecule has 0 spiro atoms. The molecule has 0 aliphatic carbocycles. The van der Waals surface area contributed by atoms with Gasteiger partial charge in [0.25, 0.3) is 0 Å². The summed E-state index contributed by atoms with van der Waals surface area (Å²) in [5.41, 5.74) is 0. The van der Waals surface area contributed by atoms with E-state index in [-0.39, 0.29) is 6.10 Å². The summed E-state index contributed by atoms with van der Waals surface area (Å²) in [7, 11) is 1.61. The van der Waals surface area contributed by atoms with Crippen molar-refractivity contribution < 1.29 is 24.1 Å². The molecule has 1 aliphatic heterocycles. The van der Waals surface area contributed by atoms with Crippen LogP contribution < -0.4 is 9.47 Å². The lowest BCUT2D eigenvalue weighted by Gasteiger charge is -2.18. The van der Waals surface area contributed by atoms with Crippen molar-refractivity contribution in [2.24, 2.45) is 0 Å². The highest BCUT2D eigenvalue weighted by molar-refractivity contribution is 5.31. The summed E-state index contributed by atoms with van der Waals surface area (Å²) in [6.45, 7) is 4.00. The van der Waals surface area contributed by atoms with Gasteiger partial charge in [0.05, 0.1) is 20.0 Å². The molecule has 2 atom stereocenters. The number of hydrogen-bond acceptors (Lipinski definition) is 5. The molecular weight excluding hydrogens is 260 g/mol. The summed E-state index contributed by atoms with van der Waals surface area (Å²) in [5.74, 6) is 0.786. The summed E-state index contributed by atoms with van der Waals surface area (Å²) >= 11 is 0. The van der Waals surface area contributed by atoms with E-state index in [1.165, 1.54) is 6.26 Å². The van der Waals surface area contributed by atoms with Crippen LogP contribution in [0.15, 0.2) is 36.6 Å². The van der Waals surface area contributed by atoms with E-state index in [0.717, 1.165) is 5.75 Å². The SMILES string of the molecule is COc1ccc(O/C=C/[C@@H](O)[C@H]2COC(C)(C)O2)cc1. The first-order valence-corrected chi connectivity index (χ1v) is 6.47. The van der Waals surface area contributed by atoms with Gasteiger partial charge in [-0.25, -0.2) is 0 Å². The lowest BCUT2D eigenvalue weighted by atomic mass is 10.2. The maximum absolute atomic E-state index is 9.95. The van der Waals surface area contributed by atoms with Crippen LogP contribution >= 0.6 is 0 Å². The van der Waals surface area contributed by atoms with E-state index < -0.39 is 11.9 Å².